The molecule has 140 valence electrons. The second kappa shape index (κ2) is 8.23. The van der Waals surface area contributed by atoms with Crippen molar-refractivity contribution in [2.24, 2.45) is 5.92 Å². The number of nitrogens with zero attached hydrogens (tertiary/aromatic N) is 1. The van der Waals surface area contributed by atoms with Crippen LogP contribution >= 0.6 is 11.6 Å². The highest BCUT2D eigenvalue weighted by Crippen LogP contribution is 2.26. The fourth-order valence-electron chi connectivity index (χ4n) is 3.74. The Morgan fingerprint density at radius 1 is 1.31 bits per heavy atom. The van der Waals surface area contributed by atoms with Crippen LogP contribution in [-0.2, 0) is 20.7 Å². The molecule has 0 spiro atoms. The topological polar surface area (TPSA) is 58.6 Å². The minimum Gasteiger partial charge on any atom is -0.379 e. The Morgan fingerprint density at radius 3 is 2.58 bits per heavy atom. The number of hydrogen-bond acceptors (Lipinski definition) is 3. The van der Waals surface area contributed by atoms with Gasteiger partial charge in [0.05, 0.1) is 12.1 Å². The predicted octanol–water partition coefficient (Wildman–Crippen LogP) is 2.58. The van der Waals surface area contributed by atoms with Gasteiger partial charge in [0.15, 0.2) is 0 Å². The molecular weight excluding hydrogens is 352 g/mol. The Balaban J connectivity index is 1.61. The van der Waals surface area contributed by atoms with Crippen LogP contribution in [0.5, 0.6) is 0 Å². The van der Waals surface area contributed by atoms with Gasteiger partial charge in [0.1, 0.15) is 0 Å². The lowest BCUT2D eigenvalue weighted by atomic mass is 9.88. The van der Waals surface area contributed by atoms with Gasteiger partial charge in [0.2, 0.25) is 11.8 Å². The van der Waals surface area contributed by atoms with Crippen LogP contribution in [-0.4, -0.2) is 48.6 Å². The zero-order chi connectivity index (χ0) is 18.6. The van der Waals surface area contributed by atoms with Gasteiger partial charge < -0.3 is 15.0 Å². The van der Waals surface area contributed by atoms with Crippen molar-refractivity contribution in [3.05, 3.63) is 47.5 Å². The number of carbonyl (C=O) groups excluding carboxylic acids is 2. The molecule has 0 saturated carbocycles. The Labute approximate surface area is 159 Å². The summed E-state index contributed by atoms with van der Waals surface area (Å²) < 4.78 is 5.60. The van der Waals surface area contributed by atoms with Crippen LogP contribution in [0.1, 0.15) is 24.8 Å². The number of halogens is 1. The van der Waals surface area contributed by atoms with Crippen LogP contribution in [0, 0.1) is 5.92 Å². The molecule has 2 saturated heterocycles. The summed E-state index contributed by atoms with van der Waals surface area (Å²) in [5.74, 6) is -0.0611. The molecular formula is C20H25ClN2O3. The van der Waals surface area contributed by atoms with Crippen LogP contribution in [0.4, 0.5) is 0 Å². The van der Waals surface area contributed by atoms with E-state index in [4.69, 9.17) is 16.3 Å². The fraction of sp³-hybridized carbons (Fsp3) is 0.500. The van der Waals surface area contributed by atoms with Crippen LogP contribution < -0.4 is 5.32 Å². The Hall–Kier alpha value is -1.85. The van der Waals surface area contributed by atoms with E-state index in [1.54, 1.807) is 4.90 Å². The highest BCUT2D eigenvalue weighted by molar-refractivity contribution is 6.30. The summed E-state index contributed by atoms with van der Waals surface area (Å²) in [5.41, 5.74) is 0.769. The van der Waals surface area contributed by atoms with Crippen LogP contribution in [0.15, 0.2) is 36.9 Å². The molecule has 0 radical (unpaired) electrons. The normalized spacial score (nSPS) is 23.7. The van der Waals surface area contributed by atoms with E-state index in [0.717, 1.165) is 18.4 Å². The second-order valence-electron chi connectivity index (χ2n) is 7.18. The van der Waals surface area contributed by atoms with E-state index in [9.17, 15) is 9.59 Å². The highest BCUT2D eigenvalue weighted by Gasteiger charge is 2.38. The minimum absolute atomic E-state index is 0.0627. The van der Waals surface area contributed by atoms with Crippen molar-refractivity contribution in [2.75, 3.05) is 26.3 Å². The molecule has 2 amide bonds. The summed E-state index contributed by atoms with van der Waals surface area (Å²) in [6.07, 6.45) is 4.23. The molecule has 0 bridgehead atoms. The molecule has 2 fully saturated rings. The van der Waals surface area contributed by atoms with E-state index < -0.39 is 0 Å². The van der Waals surface area contributed by atoms with E-state index in [2.05, 4.69) is 11.9 Å². The van der Waals surface area contributed by atoms with Crippen molar-refractivity contribution in [2.45, 2.75) is 31.2 Å². The third-order valence-corrected chi connectivity index (χ3v) is 5.55. The van der Waals surface area contributed by atoms with Gasteiger partial charge in [-0.2, -0.15) is 0 Å². The van der Waals surface area contributed by atoms with Crippen LogP contribution in [0.25, 0.3) is 0 Å². The van der Waals surface area contributed by atoms with Gasteiger partial charge in [-0.25, -0.2) is 0 Å². The highest BCUT2D eigenvalue weighted by atomic mass is 35.5. The maximum atomic E-state index is 12.8. The number of carbonyl (C=O) groups is 2. The molecule has 2 heterocycles. The first-order chi connectivity index (χ1) is 12.5. The molecule has 26 heavy (non-hydrogen) atoms. The van der Waals surface area contributed by atoms with E-state index in [1.807, 2.05) is 24.3 Å². The largest absolute Gasteiger partial charge is 0.379 e. The maximum Gasteiger partial charge on any atom is 0.245 e. The van der Waals surface area contributed by atoms with Gasteiger partial charge >= 0.3 is 0 Å². The van der Waals surface area contributed by atoms with Crippen LogP contribution in [0.3, 0.4) is 0 Å². The summed E-state index contributed by atoms with van der Waals surface area (Å²) in [6.45, 7) is 5.90. The van der Waals surface area contributed by atoms with Crippen molar-refractivity contribution in [3.63, 3.8) is 0 Å². The quantitative estimate of drug-likeness (QED) is 0.803. The molecule has 0 aliphatic carbocycles. The lowest BCUT2D eigenvalue weighted by Gasteiger charge is -2.34. The third-order valence-electron chi connectivity index (χ3n) is 5.30. The smallest absolute Gasteiger partial charge is 0.245 e. The van der Waals surface area contributed by atoms with Crippen molar-refractivity contribution in [3.8, 4) is 0 Å². The van der Waals surface area contributed by atoms with Gasteiger partial charge in [-0.3, -0.25) is 9.59 Å². The zero-order valence-electron chi connectivity index (χ0n) is 14.9. The summed E-state index contributed by atoms with van der Waals surface area (Å²) >= 11 is 5.96. The summed E-state index contributed by atoms with van der Waals surface area (Å²) in [6, 6.07) is 7.73. The van der Waals surface area contributed by atoms with Gasteiger partial charge in [-0.05, 0) is 49.5 Å². The molecule has 2 aliphatic rings. The molecule has 1 aromatic rings. The maximum absolute atomic E-state index is 12.8. The average Bonchev–Trinajstić information content (AvgIpc) is 3.11. The zero-order valence-corrected chi connectivity index (χ0v) is 15.6. The Morgan fingerprint density at radius 2 is 2.00 bits per heavy atom. The monoisotopic (exact) mass is 376 g/mol. The first-order valence-corrected chi connectivity index (χ1v) is 9.45. The molecule has 0 aromatic heterocycles. The Bertz CT molecular complexity index is 660. The number of ether oxygens (including phenoxy) is 1. The number of rotatable bonds is 5. The van der Waals surface area contributed by atoms with Gasteiger partial charge in [-0.15, -0.1) is 0 Å². The first-order valence-electron chi connectivity index (χ1n) is 9.07. The molecule has 2 aliphatic heterocycles. The van der Waals surface area contributed by atoms with E-state index >= 15 is 0 Å². The van der Waals surface area contributed by atoms with Crippen molar-refractivity contribution >= 4 is 23.4 Å². The molecule has 5 nitrogen and oxygen atoms in total. The van der Waals surface area contributed by atoms with Crippen molar-refractivity contribution in [1.29, 1.82) is 0 Å². The van der Waals surface area contributed by atoms with Crippen molar-refractivity contribution in [1.82, 2.24) is 10.2 Å². The average molecular weight is 377 g/mol. The molecule has 3 rings (SSSR count). The standard InChI is InChI=1S/C20H25ClN2O3/c1-2-18(24)23-10-7-16(8-11-23)19(25)22-20(9-12-26-14-20)13-15-3-5-17(21)6-4-15/h2-6,16H,1,7-14H2,(H,22,25). The minimum atomic E-state index is -0.362. The van der Waals surface area contributed by atoms with Gasteiger partial charge in [0, 0.05) is 30.6 Å². The number of amides is 2. The number of benzene rings is 1. The van der Waals surface area contributed by atoms with E-state index in [-0.39, 0.29) is 23.3 Å². The third kappa shape index (κ3) is 4.46. The predicted molar refractivity (Wildman–Crippen MR) is 101 cm³/mol. The Kier molecular flexibility index (Phi) is 5.99. The van der Waals surface area contributed by atoms with E-state index in [0.29, 0.717) is 44.2 Å². The summed E-state index contributed by atoms with van der Waals surface area (Å²) in [7, 11) is 0. The van der Waals surface area contributed by atoms with Gasteiger partial charge in [0.25, 0.3) is 0 Å². The molecule has 6 heteroatoms. The summed E-state index contributed by atoms with van der Waals surface area (Å²) in [5, 5.41) is 3.97. The lowest BCUT2D eigenvalue weighted by molar-refractivity contribution is -0.133. The molecule has 1 N–H and O–H groups in total. The number of nitrogens with one attached hydrogen (secondary N) is 1. The first kappa shape index (κ1) is 18.9. The van der Waals surface area contributed by atoms with E-state index in [1.165, 1.54) is 6.08 Å². The van der Waals surface area contributed by atoms with Gasteiger partial charge in [-0.1, -0.05) is 30.3 Å². The molecule has 1 aromatic carbocycles. The SMILES string of the molecule is C=CC(=O)N1CCC(C(=O)NC2(Cc3ccc(Cl)cc3)CCOC2)CC1. The van der Waals surface area contributed by atoms with Crippen LogP contribution in [0.2, 0.25) is 5.02 Å². The number of hydrogen-bond donors (Lipinski definition) is 1. The molecule has 1 unspecified atom stereocenters. The molecule has 1 atom stereocenters. The lowest BCUT2D eigenvalue weighted by Crippen LogP contribution is -2.54. The number of likely N-dealkylation sites (tertiary alicyclic amines) is 1. The number of piperidine rings is 1. The summed E-state index contributed by atoms with van der Waals surface area (Å²) in [4.78, 5) is 26.3. The van der Waals surface area contributed by atoms with Crippen molar-refractivity contribution < 1.29 is 14.3 Å². The second-order valence-corrected chi connectivity index (χ2v) is 7.62. The fourth-order valence-corrected chi connectivity index (χ4v) is 3.86.